The van der Waals surface area contributed by atoms with Crippen molar-refractivity contribution in [3.05, 3.63) is 89.5 Å². The molecule has 1 N–H and O–H groups in total. The summed E-state index contributed by atoms with van der Waals surface area (Å²) in [5.41, 5.74) is 4.28. The predicted molar refractivity (Wildman–Crippen MR) is 110 cm³/mol. The lowest BCUT2D eigenvalue weighted by molar-refractivity contribution is 0.0951. The van der Waals surface area contributed by atoms with Gasteiger partial charge in [0.25, 0.3) is 5.91 Å². The van der Waals surface area contributed by atoms with E-state index in [9.17, 15) is 4.79 Å². The number of benzene rings is 2. The molecule has 144 valence electrons. The number of likely N-dealkylation sites (tertiary alicyclic amines) is 1. The first-order valence-corrected chi connectivity index (χ1v) is 9.89. The van der Waals surface area contributed by atoms with Crippen LogP contribution in [0.4, 0.5) is 0 Å². The summed E-state index contributed by atoms with van der Waals surface area (Å²) in [6, 6.07) is 16.3. The van der Waals surface area contributed by atoms with E-state index < -0.39 is 0 Å². The van der Waals surface area contributed by atoms with E-state index in [1.54, 1.807) is 12.5 Å². The second-order valence-corrected chi connectivity index (χ2v) is 7.41. The van der Waals surface area contributed by atoms with Gasteiger partial charge >= 0.3 is 0 Å². The molecule has 1 amide bonds. The number of imidazole rings is 1. The minimum Gasteiger partial charge on any atom is -0.348 e. The molecule has 0 saturated carbocycles. The summed E-state index contributed by atoms with van der Waals surface area (Å²) < 4.78 is 2.00. The van der Waals surface area contributed by atoms with Crippen LogP contribution < -0.4 is 5.32 Å². The van der Waals surface area contributed by atoms with E-state index in [1.807, 2.05) is 35.0 Å². The maximum absolute atomic E-state index is 12.4. The summed E-state index contributed by atoms with van der Waals surface area (Å²) in [7, 11) is 0. The fraction of sp³-hybridized carbons (Fsp3) is 0.304. The number of nitrogens with zero attached hydrogens (tertiary/aromatic N) is 3. The normalized spacial score (nSPS) is 14.3. The van der Waals surface area contributed by atoms with E-state index in [-0.39, 0.29) is 5.91 Å². The molecule has 5 nitrogen and oxygen atoms in total. The summed E-state index contributed by atoms with van der Waals surface area (Å²) in [5.74, 6) is -0.0460. The number of aromatic nitrogens is 2. The van der Waals surface area contributed by atoms with Crippen LogP contribution in [0.3, 0.4) is 0 Å². The zero-order valence-electron chi connectivity index (χ0n) is 16.1. The molecule has 28 heavy (non-hydrogen) atoms. The van der Waals surface area contributed by atoms with Crippen LogP contribution in [0, 0.1) is 0 Å². The molecule has 2 aromatic carbocycles. The Bertz CT molecular complexity index is 879. The van der Waals surface area contributed by atoms with Gasteiger partial charge in [0.2, 0.25) is 0 Å². The number of hydrogen-bond acceptors (Lipinski definition) is 3. The number of nitrogens with one attached hydrogen (secondary N) is 1. The average molecular weight is 374 g/mol. The minimum absolute atomic E-state index is 0.0460. The zero-order chi connectivity index (χ0) is 19.2. The van der Waals surface area contributed by atoms with Gasteiger partial charge in [-0.25, -0.2) is 4.98 Å². The highest BCUT2D eigenvalue weighted by Gasteiger charge is 2.11. The van der Waals surface area contributed by atoms with Gasteiger partial charge in [-0.2, -0.15) is 0 Å². The summed E-state index contributed by atoms with van der Waals surface area (Å²) in [6.07, 6.45) is 8.11. The third kappa shape index (κ3) is 4.87. The third-order valence-electron chi connectivity index (χ3n) is 5.22. The molecule has 0 radical (unpaired) electrons. The molecule has 1 aliphatic rings. The number of hydrogen-bond donors (Lipinski definition) is 1. The highest BCUT2D eigenvalue weighted by molar-refractivity contribution is 5.94. The highest BCUT2D eigenvalue weighted by Crippen LogP contribution is 2.13. The number of amides is 1. The van der Waals surface area contributed by atoms with E-state index in [0.717, 1.165) is 24.2 Å². The fourth-order valence-corrected chi connectivity index (χ4v) is 3.60. The largest absolute Gasteiger partial charge is 0.348 e. The molecule has 0 atom stereocenters. The van der Waals surface area contributed by atoms with E-state index in [1.165, 1.54) is 31.5 Å². The summed E-state index contributed by atoms with van der Waals surface area (Å²) in [4.78, 5) is 18.9. The zero-order valence-corrected chi connectivity index (χ0v) is 16.1. The van der Waals surface area contributed by atoms with Crippen molar-refractivity contribution in [3.63, 3.8) is 0 Å². The van der Waals surface area contributed by atoms with Gasteiger partial charge in [-0.3, -0.25) is 9.69 Å². The van der Waals surface area contributed by atoms with E-state index >= 15 is 0 Å². The molecule has 1 saturated heterocycles. The SMILES string of the molecule is O=C(NCc1ccc(CN2CCCC2)cc1)c1ccc(Cn2ccnc2)cc1. The maximum atomic E-state index is 12.4. The van der Waals surface area contributed by atoms with Crippen molar-refractivity contribution in [2.24, 2.45) is 0 Å². The van der Waals surface area contributed by atoms with Gasteiger partial charge in [0.15, 0.2) is 0 Å². The molecule has 0 bridgehead atoms. The Hall–Kier alpha value is -2.92. The highest BCUT2D eigenvalue weighted by atomic mass is 16.1. The van der Waals surface area contributed by atoms with E-state index in [2.05, 4.69) is 39.5 Å². The summed E-state index contributed by atoms with van der Waals surface area (Å²) in [6.45, 7) is 4.74. The van der Waals surface area contributed by atoms with Gasteiger partial charge < -0.3 is 9.88 Å². The maximum Gasteiger partial charge on any atom is 0.251 e. The van der Waals surface area contributed by atoms with Crippen LogP contribution in [0.1, 0.15) is 39.9 Å². The summed E-state index contributed by atoms with van der Waals surface area (Å²) >= 11 is 0. The molecule has 5 heteroatoms. The Kier molecular flexibility index (Phi) is 5.83. The molecule has 0 aliphatic carbocycles. The number of rotatable bonds is 7. The number of carbonyl (C=O) groups excluding carboxylic acids is 1. The Balaban J connectivity index is 1.27. The van der Waals surface area contributed by atoms with Gasteiger partial charge in [-0.15, -0.1) is 0 Å². The molecule has 3 aromatic rings. The molecule has 1 fully saturated rings. The van der Waals surface area contributed by atoms with Crippen molar-refractivity contribution >= 4 is 5.91 Å². The molecular weight excluding hydrogens is 348 g/mol. The Morgan fingerprint density at radius 2 is 1.54 bits per heavy atom. The van der Waals surface area contributed by atoms with Crippen molar-refractivity contribution in [3.8, 4) is 0 Å². The summed E-state index contributed by atoms with van der Waals surface area (Å²) in [5, 5.41) is 3.01. The lowest BCUT2D eigenvalue weighted by atomic mass is 10.1. The van der Waals surface area contributed by atoms with Gasteiger partial charge in [0.05, 0.1) is 6.33 Å². The van der Waals surface area contributed by atoms with Crippen molar-refractivity contribution in [2.45, 2.75) is 32.5 Å². The third-order valence-corrected chi connectivity index (χ3v) is 5.22. The monoisotopic (exact) mass is 374 g/mol. The lowest BCUT2D eigenvalue weighted by Gasteiger charge is -2.14. The van der Waals surface area contributed by atoms with Gasteiger partial charge in [0.1, 0.15) is 0 Å². The van der Waals surface area contributed by atoms with Gasteiger partial charge in [0, 0.05) is 37.6 Å². The first-order chi connectivity index (χ1) is 13.8. The van der Waals surface area contributed by atoms with Crippen molar-refractivity contribution in [1.29, 1.82) is 0 Å². The number of carbonyl (C=O) groups is 1. The van der Waals surface area contributed by atoms with Crippen molar-refractivity contribution in [1.82, 2.24) is 19.8 Å². The van der Waals surface area contributed by atoms with Crippen LogP contribution in [-0.2, 0) is 19.6 Å². The van der Waals surface area contributed by atoms with Crippen molar-refractivity contribution < 1.29 is 4.79 Å². The van der Waals surface area contributed by atoms with Crippen LogP contribution in [0.15, 0.2) is 67.3 Å². The van der Waals surface area contributed by atoms with Crippen LogP contribution in [0.25, 0.3) is 0 Å². The second kappa shape index (κ2) is 8.85. The molecule has 4 rings (SSSR count). The molecule has 1 aliphatic heterocycles. The van der Waals surface area contributed by atoms with Gasteiger partial charge in [-0.05, 0) is 54.8 Å². The van der Waals surface area contributed by atoms with E-state index in [0.29, 0.717) is 12.1 Å². The van der Waals surface area contributed by atoms with E-state index in [4.69, 9.17) is 0 Å². The molecular formula is C23H26N4O. The Morgan fingerprint density at radius 3 is 2.21 bits per heavy atom. The quantitative estimate of drug-likeness (QED) is 0.689. The lowest BCUT2D eigenvalue weighted by Crippen LogP contribution is -2.23. The Morgan fingerprint density at radius 1 is 0.893 bits per heavy atom. The van der Waals surface area contributed by atoms with Gasteiger partial charge in [-0.1, -0.05) is 36.4 Å². The molecule has 0 spiro atoms. The smallest absolute Gasteiger partial charge is 0.251 e. The first kappa shape index (κ1) is 18.4. The standard InChI is InChI=1S/C23H26N4O/c28-23(22-9-7-21(8-10-22)17-27-14-11-24-18-27)25-15-19-3-5-20(6-4-19)16-26-12-1-2-13-26/h3-11,14,18H,1-2,12-13,15-17H2,(H,25,28). The molecule has 2 heterocycles. The van der Waals surface area contributed by atoms with Crippen molar-refractivity contribution in [2.75, 3.05) is 13.1 Å². The topological polar surface area (TPSA) is 50.2 Å². The first-order valence-electron chi connectivity index (χ1n) is 9.89. The van der Waals surface area contributed by atoms with Crippen LogP contribution in [0.2, 0.25) is 0 Å². The molecule has 1 aromatic heterocycles. The Labute approximate surface area is 166 Å². The predicted octanol–water partition coefficient (Wildman–Crippen LogP) is 3.46. The fourth-order valence-electron chi connectivity index (χ4n) is 3.60. The molecule has 0 unspecified atom stereocenters. The van der Waals surface area contributed by atoms with Crippen LogP contribution in [0.5, 0.6) is 0 Å². The second-order valence-electron chi connectivity index (χ2n) is 7.41. The average Bonchev–Trinajstić information content (AvgIpc) is 3.42. The van der Waals surface area contributed by atoms with Crippen LogP contribution in [-0.4, -0.2) is 33.4 Å². The van der Waals surface area contributed by atoms with Crippen LogP contribution >= 0.6 is 0 Å². The minimum atomic E-state index is -0.0460.